The highest BCUT2D eigenvalue weighted by atomic mass is 32.2. The maximum absolute atomic E-state index is 13.1. The molecule has 2 atom stereocenters. The second-order valence-corrected chi connectivity index (χ2v) is 10.4. The Morgan fingerprint density at radius 2 is 1.95 bits per heavy atom. The van der Waals surface area contributed by atoms with Crippen molar-refractivity contribution in [1.82, 2.24) is 9.88 Å². The summed E-state index contributed by atoms with van der Waals surface area (Å²) in [4.78, 5) is 19.4. The lowest BCUT2D eigenvalue weighted by Gasteiger charge is -2.33. The van der Waals surface area contributed by atoms with Gasteiger partial charge in [-0.15, -0.1) is 11.8 Å². The summed E-state index contributed by atoms with van der Waals surface area (Å²) in [6, 6.07) is 16.7. The SMILES string of the molecule is COc1cc(NC(C)CCCN2C(=O)C(CC(F)(F)F)=CC2(O)CSc2ccccc2)c2ncccc2c1. The molecule has 4 rings (SSSR count). The molecule has 2 aromatic carbocycles. The lowest BCUT2D eigenvalue weighted by atomic mass is 10.1. The third-order valence-corrected chi connectivity index (χ3v) is 7.49. The molecule has 0 spiro atoms. The highest BCUT2D eigenvalue weighted by molar-refractivity contribution is 7.99. The number of alkyl halides is 3. The maximum Gasteiger partial charge on any atom is 0.393 e. The number of carbonyl (C=O) groups excluding carboxylic acids is 1. The van der Waals surface area contributed by atoms with Crippen LogP contribution in [0.4, 0.5) is 18.9 Å². The Kier molecular flexibility index (Phi) is 8.52. The number of thioether (sulfide) groups is 1. The highest BCUT2D eigenvalue weighted by Gasteiger charge is 2.46. The molecule has 1 aliphatic heterocycles. The van der Waals surface area contributed by atoms with Gasteiger partial charge in [0, 0.05) is 40.7 Å². The minimum atomic E-state index is -4.54. The van der Waals surface area contributed by atoms with Crippen molar-refractivity contribution in [1.29, 1.82) is 0 Å². The summed E-state index contributed by atoms with van der Waals surface area (Å²) in [5.41, 5.74) is -0.631. The van der Waals surface area contributed by atoms with Gasteiger partial charge < -0.3 is 20.1 Å². The second kappa shape index (κ2) is 11.7. The fraction of sp³-hybridized carbons (Fsp3) is 0.357. The van der Waals surface area contributed by atoms with Gasteiger partial charge in [-0.25, -0.2) is 0 Å². The molecule has 202 valence electrons. The summed E-state index contributed by atoms with van der Waals surface area (Å²) in [6.07, 6.45) is -2.05. The van der Waals surface area contributed by atoms with Gasteiger partial charge in [-0.2, -0.15) is 13.2 Å². The molecule has 2 heterocycles. The first-order valence-corrected chi connectivity index (χ1v) is 13.3. The van der Waals surface area contributed by atoms with Gasteiger partial charge in [0.05, 0.1) is 30.5 Å². The zero-order valence-electron chi connectivity index (χ0n) is 21.2. The minimum Gasteiger partial charge on any atom is -0.497 e. The molecule has 38 heavy (non-hydrogen) atoms. The van der Waals surface area contributed by atoms with E-state index in [1.807, 2.05) is 61.5 Å². The molecule has 0 fully saturated rings. The standard InChI is InChI=1S/C28H30F3N3O3S/c1-19(33-24-15-22(37-2)14-20-9-6-12-32-25(20)24)8-7-13-34-26(35)21(17-28(29,30)31)16-27(34,36)18-38-23-10-4-3-5-11-23/h3-6,9-12,14-16,19,33,36H,7-8,13,17-18H2,1-2H3. The van der Waals surface area contributed by atoms with E-state index in [4.69, 9.17) is 4.74 Å². The van der Waals surface area contributed by atoms with Crippen LogP contribution in [0.5, 0.6) is 5.75 Å². The maximum atomic E-state index is 13.1. The van der Waals surface area contributed by atoms with Crippen molar-refractivity contribution in [2.24, 2.45) is 0 Å². The van der Waals surface area contributed by atoms with Gasteiger partial charge in [0.15, 0.2) is 5.72 Å². The van der Waals surface area contributed by atoms with Crippen LogP contribution in [0, 0.1) is 0 Å². The van der Waals surface area contributed by atoms with Crippen LogP contribution in [-0.2, 0) is 4.79 Å². The number of halogens is 3. The molecular formula is C28H30F3N3O3S. The first kappa shape index (κ1) is 27.8. The van der Waals surface area contributed by atoms with Gasteiger partial charge in [0.25, 0.3) is 5.91 Å². The van der Waals surface area contributed by atoms with E-state index in [0.29, 0.717) is 18.6 Å². The zero-order valence-corrected chi connectivity index (χ0v) is 22.0. The Morgan fingerprint density at radius 3 is 2.66 bits per heavy atom. The number of benzene rings is 2. The molecule has 2 unspecified atom stereocenters. The van der Waals surface area contributed by atoms with Gasteiger partial charge >= 0.3 is 6.18 Å². The van der Waals surface area contributed by atoms with Gasteiger partial charge in [-0.3, -0.25) is 9.78 Å². The highest BCUT2D eigenvalue weighted by Crippen LogP contribution is 2.37. The van der Waals surface area contributed by atoms with Crippen LogP contribution in [0.15, 0.2) is 77.3 Å². The fourth-order valence-electron chi connectivity index (χ4n) is 4.52. The molecule has 2 N–H and O–H groups in total. The molecule has 1 aliphatic rings. The van der Waals surface area contributed by atoms with Crippen molar-refractivity contribution in [3.05, 3.63) is 72.4 Å². The van der Waals surface area contributed by atoms with E-state index in [0.717, 1.165) is 27.6 Å². The van der Waals surface area contributed by atoms with E-state index in [2.05, 4.69) is 10.3 Å². The van der Waals surface area contributed by atoms with Crippen molar-refractivity contribution in [3.8, 4) is 5.75 Å². The van der Waals surface area contributed by atoms with Crippen LogP contribution >= 0.6 is 11.8 Å². The van der Waals surface area contributed by atoms with E-state index in [-0.39, 0.29) is 18.3 Å². The molecule has 1 amide bonds. The molecule has 10 heteroatoms. The second-order valence-electron chi connectivity index (χ2n) is 9.34. The predicted molar refractivity (Wildman–Crippen MR) is 143 cm³/mol. The Bertz CT molecular complexity index is 1300. The summed E-state index contributed by atoms with van der Waals surface area (Å²) in [6.45, 7) is 2.09. The molecule has 0 bridgehead atoms. The van der Waals surface area contributed by atoms with E-state index in [1.165, 1.54) is 16.7 Å². The minimum absolute atomic E-state index is 0.0272. The van der Waals surface area contributed by atoms with Crippen molar-refractivity contribution in [3.63, 3.8) is 0 Å². The van der Waals surface area contributed by atoms with Crippen LogP contribution in [0.2, 0.25) is 0 Å². The van der Waals surface area contributed by atoms with Gasteiger partial charge in [-0.05, 0) is 50.1 Å². The summed E-state index contributed by atoms with van der Waals surface area (Å²) in [7, 11) is 1.59. The lowest BCUT2D eigenvalue weighted by molar-refractivity contribution is -0.145. The van der Waals surface area contributed by atoms with E-state index >= 15 is 0 Å². The number of ether oxygens (including phenoxy) is 1. The van der Waals surface area contributed by atoms with Crippen LogP contribution < -0.4 is 10.1 Å². The van der Waals surface area contributed by atoms with Gasteiger partial charge in [0.1, 0.15) is 5.75 Å². The predicted octanol–water partition coefficient (Wildman–Crippen LogP) is 6.03. The molecule has 0 radical (unpaired) electrons. The molecule has 0 saturated heterocycles. The number of amides is 1. The quantitative estimate of drug-likeness (QED) is 0.287. The third kappa shape index (κ3) is 6.79. The Labute approximate surface area is 223 Å². The number of pyridine rings is 1. The number of carbonyl (C=O) groups is 1. The van der Waals surface area contributed by atoms with Gasteiger partial charge in [-0.1, -0.05) is 24.3 Å². The largest absolute Gasteiger partial charge is 0.497 e. The number of nitrogens with one attached hydrogen (secondary N) is 1. The average Bonchev–Trinajstić information content (AvgIpc) is 3.11. The van der Waals surface area contributed by atoms with E-state index in [1.54, 1.807) is 13.3 Å². The van der Waals surface area contributed by atoms with Crippen LogP contribution in [-0.4, -0.2) is 58.2 Å². The van der Waals surface area contributed by atoms with E-state index in [9.17, 15) is 23.1 Å². The first-order chi connectivity index (χ1) is 18.1. The van der Waals surface area contributed by atoms with Crippen molar-refractivity contribution >= 4 is 34.3 Å². The molecule has 0 saturated carbocycles. The number of aliphatic hydroxyl groups is 1. The van der Waals surface area contributed by atoms with E-state index < -0.39 is 29.8 Å². The number of fused-ring (bicyclic) bond motifs is 1. The monoisotopic (exact) mass is 545 g/mol. The fourth-order valence-corrected chi connectivity index (χ4v) is 5.49. The normalized spacial score (nSPS) is 18.5. The van der Waals surface area contributed by atoms with Crippen molar-refractivity contribution in [2.75, 3.05) is 24.7 Å². The average molecular weight is 546 g/mol. The number of rotatable bonds is 11. The number of hydrogen-bond acceptors (Lipinski definition) is 6. The summed E-state index contributed by atoms with van der Waals surface area (Å²) in [5, 5.41) is 15.7. The number of nitrogens with zero attached hydrogens (tertiary/aromatic N) is 2. The number of anilines is 1. The number of methoxy groups -OCH3 is 1. The van der Waals surface area contributed by atoms with Crippen molar-refractivity contribution < 1.29 is 27.8 Å². The molecular weight excluding hydrogens is 515 g/mol. The molecule has 3 aromatic rings. The molecule has 6 nitrogen and oxygen atoms in total. The van der Waals surface area contributed by atoms with Gasteiger partial charge in [0.2, 0.25) is 0 Å². The number of hydrogen-bond donors (Lipinski definition) is 2. The smallest absolute Gasteiger partial charge is 0.393 e. The Hall–Kier alpha value is -3.24. The molecule has 1 aromatic heterocycles. The zero-order chi connectivity index (χ0) is 27.3. The molecule has 0 aliphatic carbocycles. The number of aromatic nitrogens is 1. The van der Waals surface area contributed by atoms with Crippen molar-refractivity contribution in [2.45, 2.75) is 49.0 Å². The first-order valence-electron chi connectivity index (χ1n) is 12.3. The summed E-state index contributed by atoms with van der Waals surface area (Å²) >= 11 is 1.29. The summed E-state index contributed by atoms with van der Waals surface area (Å²) in [5.74, 6) is -0.0615. The van der Waals surface area contributed by atoms with Crippen LogP contribution in [0.1, 0.15) is 26.2 Å². The van der Waals surface area contributed by atoms with Crippen LogP contribution in [0.3, 0.4) is 0 Å². The van der Waals surface area contributed by atoms with Crippen LogP contribution in [0.25, 0.3) is 10.9 Å². The topological polar surface area (TPSA) is 74.7 Å². The lowest BCUT2D eigenvalue weighted by Crippen LogP contribution is -2.49. The third-order valence-electron chi connectivity index (χ3n) is 6.31. The Morgan fingerprint density at radius 1 is 1.18 bits per heavy atom. The Balaban J connectivity index is 1.43. The summed E-state index contributed by atoms with van der Waals surface area (Å²) < 4.78 is 44.8.